The lowest BCUT2D eigenvalue weighted by Crippen LogP contribution is -2.34. The number of hydrogen-bond donors (Lipinski definition) is 1. The van der Waals surface area contributed by atoms with Gasteiger partial charge in [-0.2, -0.15) is 4.98 Å². The van der Waals surface area contributed by atoms with E-state index < -0.39 is 0 Å². The fourth-order valence-corrected chi connectivity index (χ4v) is 4.56. The van der Waals surface area contributed by atoms with E-state index in [0.717, 1.165) is 37.7 Å². The minimum absolute atomic E-state index is 0.363. The standard InChI is InChI=1S/C15H19N3OS/c16-15(7-3-4-8-15)14-17-13(19-18-14)11-9-20-12-6-2-1-5-10(11)12/h9H,1-8,16H2. The molecule has 0 radical (unpaired) electrons. The van der Waals surface area contributed by atoms with Gasteiger partial charge in [-0.3, -0.25) is 0 Å². The second-order valence-corrected chi connectivity index (χ2v) is 7.01. The fraction of sp³-hybridized carbons (Fsp3) is 0.600. The molecule has 20 heavy (non-hydrogen) atoms. The molecule has 2 aromatic heterocycles. The average molecular weight is 289 g/mol. The quantitative estimate of drug-likeness (QED) is 0.920. The Labute approximate surface area is 122 Å². The van der Waals surface area contributed by atoms with E-state index >= 15 is 0 Å². The molecule has 5 heteroatoms. The normalized spacial score (nSPS) is 21.1. The third-order valence-corrected chi connectivity index (χ3v) is 5.75. The molecule has 0 atom stereocenters. The maximum absolute atomic E-state index is 6.40. The molecule has 106 valence electrons. The van der Waals surface area contributed by atoms with Gasteiger partial charge >= 0.3 is 0 Å². The summed E-state index contributed by atoms with van der Waals surface area (Å²) in [6.45, 7) is 0. The number of nitrogens with zero attached hydrogens (tertiary/aromatic N) is 2. The van der Waals surface area contributed by atoms with Crippen molar-refractivity contribution in [3.63, 3.8) is 0 Å². The van der Waals surface area contributed by atoms with Crippen LogP contribution >= 0.6 is 11.3 Å². The highest BCUT2D eigenvalue weighted by Crippen LogP contribution is 2.38. The van der Waals surface area contributed by atoms with Crippen molar-refractivity contribution in [3.8, 4) is 11.5 Å². The predicted octanol–water partition coefficient (Wildman–Crippen LogP) is 3.40. The van der Waals surface area contributed by atoms with Crippen molar-refractivity contribution in [2.45, 2.75) is 56.9 Å². The zero-order chi connectivity index (χ0) is 13.6. The summed E-state index contributed by atoms with van der Waals surface area (Å²) in [5.41, 5.74) is 8.61. The molecule has 4 rings (SSSR count). The van der Waals surface area contributed by atoms with Gasteiger partial charge in [0.1, 0.15) is 0 Å². The van der Waals surface area contributed by atoms with Crippen LogP contribution in [-0.2, 0) is 18.4 Å². The Kier molecular flexibility index (Phi) is 2.93. The summed E-state index contributed by atoms with van der Waals surface area (Å²) < 4.78 is 5.52. The van der Waals surface area contributed by atoms with Gasteiger partial charge in [-0.1, -0.05) is 18.0 Å². The van der Waals surface area contributed by atoms with Gasteiger partial charge in [-0.05, 0) is 44.1 Å². The van der Waals surface area contributed by atoms with Gasteiger partial charge in [0.15, 0.2) is 5.82 Å². The Hall–Kier alpha value is -1.20. The van der Waals surface area contributed by atoms with Gasteiger partial charge in [0, 0.05) is 10.3 Å². The lowest BCUT2D eigenvalue weighted by atomic mass is 9.96. The van der Waals surface area contributed by atoms with E-state index in [1.165, 1.54) is 29.7 Å². The summed E-state index contributed by atoms with van der Waals surface area (Å²) in [5.74, 6) is 1.36. The van der Waals surface area contributed by atoms with Crippen LogP contribution in [0.1, 0.15) is 54.8 Å². The molecule has 0 amide bonds. The topological polar surface area (TPSA) is 64.9 Å². The van der Waals surface area contributed by atoms with Crippen LogP contribution in [0.25, 0.3) is 11.5 Å². The zero-order valence-corrected chi connectivity index (χ0v) is 12.3. The number of hydrogen-bond acceptors (Lipinski definition) is 5. The number of thiophene rings is 1. The van der Waals surface area contributed by atoms with E-state index in [4.69, 9.17) is 10.3 Å². The number of rotatable bonds is 2. The molecule has 0 unspecified atom stereocenters. The molecular weight excluding hydrogens is 270 g/mol. The molecule has 2 N–H and O–H groups in total. The van der Waals surface area contributed by atoms with Crippen LogP contribution in [0.4, 0.5) is 0 Å². The average Bonchev–Trinajstić information content (AvgIpc) is 3.16. The minimum Gasteiger partial charge on any atom is -0.334 e. The van der Waals surface area contributed by atoms with Crippen molar-refractivity contribution < 1.29 is 4.52 Å². The van der Waals surface area contributed by atoms with Crippen LogP contribution in [0.5, 0.6) is 0 Å². The molecule has 2 aliphatic carbocycles. The van der Waals surface area contributed by atoms with Crippen molar-refractivity contribution in [1.82, 2.24) is 10.1 Å². The monoisotopic (exact) mass is 289 g/mol. The maximum atomic E-state index is 6.40. The molecular formula is C15H19N3OS. The molecule has 0 aliphatic heterocycles. The van der Waals surface area contributed by atoms with Gasteiger partial charge in [0.25, 0.3) is 5.89 Å². The molecule has 0 aromatic carbocycles. The molecule has 0 bridgehead atoms. The highest BCUT2D eigenvalue weighted by molar-refractivity contribution is 7.10. The van der Waals surface area contributed by atoms with E-state index in [1.54, 1.807) is 0 Å². The smallest absolute Gasteiger partial charge is 0.259 e. The second kappa shape index (κ2) is 4.67. The molecule has 2 aromatic rings. The lowest BCUT2D eigenvalue weighted by molar-refractivity contribution is 0.372. The van der Waals surface area contributed by atoms with E-state index in [-0.39, 0.29) is 5.54 Å². The van der Waals surface area contributed by atoms with Gasteiger partial charge in [-0.25, -0.2) is 0 Å². The summed E-state index contributed by atoms with van der Waals surface area (Å²) in [4.78, 5) is 6.11. The third kappa shape index (κ3) is 1.91. The van der Waals surface area contributed by atoms with E-state index in [9.17, 15) is 0 Å². The molecule has 0 spiro atoms. The van der Waals surface area contributed by atoms with Crippen LogP contribution in [0.2, 0.25) is 0 Å². The second-order valence-electron chi connectivity index (χ2n) is 6.04. The largest absolute Gasteiger partial charge is 0.334 e. The predicted molar refractivity (Wildman–Crippen MR) is 78.6 cm³/mol. The Bertz CT molecular complexity index is 625. The summed E-state index contributed by atoms with van der Waals surface area (Å²) in [6, 6.07) is 0. The van der Waals surface area contributed by atoms with Crippen molar-refractivity contribution in [2.75, 3.05) is 0 Å². The Morgan fingerprint density at radius 2 is 1.95 bits per heavy atom. The van der Waals surface area contributed by atoms with E-state index in [2.05, 4.69) is 15.5 Å². The molecule has 1 saturated carbocycles. The van der Waals surface area contributed by atoms with Gasteiger partial charge in [-0.15, -0.1) is 11.3 Å². The Morgan fingerprint density at radius 1 is 1.15 bits per heavy atom. The lowest BCUT2D eigenvalue weighted by Gasteiger charge is -2.17. The molecule has 0 saturated heterocycles. The summed E-state index contributed by atoms with van der Waals surface area (Å²) in [5, 5.41) is 6.34. The first kappa shape index (κ1) is 12.5. The number of fused-ring (bicyclic) bond motifs is 1. The summed E-state index contributed by atoms with van der Waals surface area (Å²) >= 11 is 1.83. The molecule has 1 fully saturated rings. The first-order valence-electron chi connectivity index (χ1n) is 7.49. The first-order valence-corrected chi connectivity index (χ1v) is 8.37. The van der Waals surface area contributed by atoms with E-state index in [1.807, 2.05) is 11.3 Å². The Balaban J connectivity index is 1.70. The number of aryl methyl sites for hydroxylation is 1. The van der Waals surface area contributed by atoms with Crippen LogP contribution in [-0.4, -0.2) is 10.1 Å². The molecule has 4 nitrogen and oxygen atoms in total. The third-order valence-electron chi connectivity index (χ3n) is 4.66. The maximum Gasteiger partial charge on any atom is 0.259 e. The van der Waals surface area contributed by atoms with Crippen molar-refractivity contribution in [3.05, 3.63) is 21.6 Å². The van der Waals surface area contributed by atoms with Gasteiger partial charge < -0.3 is 10.3 Å². The summed E-state index contributed by atoms with van der Waals surface area (Å²) in [7, 11) is 0. The van der Waals surface area contributed by atoms with Crippen LogP contribution in [0, 0.1) is 0 Å². The fourth-order valence-electron chi connectivity index (χ4n) is 3.44. The van der Waals surface area contributed by atoms with Crippen LogP contribution in [0.15, 0.2) is 9.90 Å². The SMILES string of the molecule is NC1(c2noc(-c3csc4c3CCCC4)n2)CCCC1. The van der Waals surface area contributed by atoms with Crippen LogP contribution < -0.4 is 5.73 Å². The van der Waals surface area contributed by atoms with Crippen molar-refractivity contribution in [1.29, 1.82) is 0 Å². The van der Waals surface area contributed by atoms with Crippen molar-refractivity contribution in [2.24, 2.45) is 5.73 Å². The zero-order valence-electron chi connectivity index (χ0n) is 11.5. The minimum atomic E-state index is -0.363. The van der Waals surface area contributed by atoms with Gasteiger partial charge in [0.05, 0.1) is 11.1 Å². The number of aromatic nitrogens is 2. The van der Waals surface area contributed by atoms with E-state index in [0.29, 0.717) is 11.7 Å². The highest BCUT2D eigenvalue weighted by atomic mass is 32.1. The molecule has 2 heterocycles. The highest BCUT2D eigenvalue weighted by Gasteiger charge is 2.36. The van der Waals surface area contributed by atoms with Crippen molar-refractivity contribution >= 4 is 11.3 Å². The molecule has 2 aliphatic rings. The Morgan fingerprint density at radius 3 is 2.80 bits per heavy atom. The van der Waals surface area contributed by atoms with Crippen LogP contribution in [0.3, 0.4) is 0 Å². The van der Waals surface area contributed by atoms with Gasteiger partial charge in [0.2, 0.25) is 0 Å². The first-order chi connectivity index (χ1) is 9.76. The summed E-state index contributed by atoms with van der Waals surface area (Å²) in [6.07, 6.45) is 9.15. The number of nitrogens with two attached hydrogens (primary N) is 1.